The summed E-state index contributed by atoms with van der Waals surface area (Å²) in [5.74, 6) is 1.32. The molecule has 0 unspecified atom stereocenters. The first-order valence-corrected chi connectivity index (χ1v) is 7.98. The van der Waals surface area contributed by atoms with Crippen molar-refractivity contribution < 1.29 is 14.1 Å². The van der Waals surface area contributed by atoms with Gasteiger partial charge in [0.2, 0.25) is 11.7 Å². The number of ether oxygens (including phenoxy) is 1. The highest BCUT2D eigenvalue weighted by Gasteiger charge is 2.27. The topological polar surface area (TPSA) is 81.4 Å². The quantitative estimate of drug-likeness (QED) is 0.728. The van der Waals surface area contributed by atoms with Gasteiger partial charge in [0.15, 0.2) is 6.61 Å². The molecule has 0 radical (unpaired) electrons. The Morgan fingerprint density at radius 2 is 2.20 bits per heavy atom. The summed E-state index contributed by atoms with van der Waals surface area (Å²) in [5.41, 5.74) is 2.49. The molecular formula is C18H16N4O3. The molecule has 0 saturated carbocycles. The lowest BCUT2D eigenvalue weighted by Crippen LogP contribution is -2.29. The van der Waals surface area contributed by atoms with E-state index in [1.165, 1.54) is 0 Å². The number of fused-ring (bicyclic) bond motifs is 1. The van der Waals surface area contributed by atoms with E-state index in [2.05, 4.69) is 15.1 Å². The van der Waals surface area contributed by atoms with E-state index in [0.29, 0.717) is 29.6 Å². The molecule has 0 N–H and O–H groups in total. The van der Waals surface area contributed by atoms with Crippen LogP contribution in [0.1, 0.15) is 27.6 Å². The van der Waals surface area contributed by atoms with Gasteiger partial charge in [0, 0.05) is 25.9 Å². The maximum Gasteiger partial charge on any atom is 0.262 e. The Labute approximate surface area is 144 Å². The number of para-hydroxylation sites is 1. The molecule has 1 amide bonds. The maximum absolute atomic E-state index is 13.0. The third-order valence-electron chi connectivity index (χ3n) is 4.06. The molecule has 2 aromatic heterocycles. The van der Waals surface area contributed by atoms with Gasteiger partial charge in [-0.2, -0.15) is 4.98 Å². The van der Waals surface area contributed by atoms with Crippen LogP contribution in [0.25, 0.3) is 0 Å². The Bertz CT molecular complexity index is 922. The highest BCUT2D eigenvalue weighted by molar-refractivity contribution is 6.08. The van der Waals surface area contributed by atoms with Crippen LogP contribution in [-0.2, 0) is 13.0 Å². The van der Waals surface area contributed by atoms with E-state index in [-0.39, 0.29) is 12.5 Å². The molecule has 0 spiro atoms. The van der Waals surface area contributed by atoms with Crippen molar-refractivity contribution in [3.05, 3.63) is 65.6 Å². The second kappa shape index (κ2) is 6.35. The third kappa shape index (κ3) is 2.96. The van der Waals surface area contributed by atoms with Crippen molar-refractivity contribution >= 4 is 11.6 Å². The van der Waals surface area contributed by atoms with Gasteiger partial charge in [-0.25, -0.2) is 0 Å². The third-order valence-corrected chi connectivity index (χ3v) is 4.06. The molecule has 0 bridgehead atoms. The van der Waals surface area contributed by atoms with Gasteiger partial charge in [0.1, 0.15) is 5.75 Å². The Balaban J connectivity index is 1.57. The number of nitrogens with zero attached hydrogens (tertiary/aromatic N) is 4. The van der Waals surface area contributed by atoms with Crippen LogP contribution in [0, 0.1) is 6.92 Å². The first kappa shape index (κ1) is 15.3. The van der Waals surface area contributed by atoms with E-state index >= 15 is 0 Å². The second-order valence-electron chi connectivity index (χ2n) is 5.73. The van der Waals surface area contributed by atoms with E-state index in [1.54, 1.807) is 30.2 Å². The van der Waals surface area contributed by atoms with Gasteiger partial charge in [0.05, 0.1) is 11.3 Å². The molecule has 7 nitrogen and oxygen atoms in total. The molecule has 3 heterocycles. The fourth-order valence-corrected chi connectivity index (χ4v) is 2.90. The van der Waals surface area contributed by atoms with Gasteiger partial charge in [-0.05, 0) is 30.2 Å². The zero-order valence-corrected chi connectivity index (χ0v) is 13.7. The largest absolute Gasteiger partial charge is 0.485 e. The van der Waals surface area contributed by atoms with E-state index in [0.717, 1.165) is 17.7 Å². The van der Waals surface area contributed by atoms with Crippen molar-refractivity contribution in [3.63, 3.8) is 0 Å². The zero-order valence-electron chi connectivity index (χ0n) is 13.7. The van der Waals surface area contributed by atoms with Crippen molar-refractivity contribution in [2.75, 3.05) is 11.4 Å². The number of benzene rings is 1. The predicted octanol–water partition coefficient (Wildman–Crippen LogP) is 2.55. The minimum Gasteiger partial charge on any atom is -0.485 e. The molecule has 1 aliphatic heterocycles. The zero-order chi connectivity index (χ0) is 17.2. The van der Waals surface area contributed by atoms with Gasteiger partial charge < -0.3 is 14.2 Å². The number of hydrogen-bond donors (Lipinski definition) is 0. The molecule has 0 atom stereocenters. The number of carbonyl (C=O) groups is 1. The summed E-state index contributed by atoms with van der Waals surface area (Å²) < 4.78 is 10.7. The van der Waals surface area contributed by atoms with Crippen LogP contribution in [0.4, 0.5) is 5.69 Å². The fourth-order valence-electron chi connectivity index (χ4n) is 2.90. The fraction of sp³-hybridized carbons (Fsp3) is 0.222. The van der Waals surface area contributed by atoms with E-state index < -0.39 is 0 Å². The summed E-state index contributed by atoms with van der Waals surface area (Å²) in [4.78, 5) is 23.0. The molecule has 0 aliphatic carbocycles. The molecule has 1 aromatic carbocycles. The van der Waals surface area contributed by atoms with E-state index in [1.807, 2.05) is 24.4 Å². The van der Waals surface area contributed by atoms with Crippen LogP contribution in [0.5, 0.6) is 5.75 Å². The number of aromatic nitrogens is 3. The van der Waals surface area contributed by atoms with Crippen molar-refractivity contribution in [1.82, 2.24) is 15.1 Å². The lowest BCUT2D eigenvalue weighted by molar-refractivity contribution is 0.0984. The average Bonchev–Trinajstić information content (AvgIpc) is 3.26. The monoisotopic (exact) mass is 336 g/mol. The van der Waals surface area contributed by atoms with Crippen LogP contribution < -0.4 is 9.64 Å². The van der Waals surface area contributed by atoms with Gasteiger partial charge >= 0.3 is 0 Å². The van der Waals surface area contributed by atoms with E-state index in [9.17, 15) is 4.79 Å². The maximum atomic E-state index is 13.0. The minimum absolute atomic E-state index is 0.0927. The highest BCUT2D eigenvalue weighted by Crippen LogP contribution is 2.30. The summed E-state index contributed by atoms with van der Waals surface area (Å²) >= 11 is 0. The van der Waals surface area contributed by atoms with Crippen LogP contribution >= 0.6 is 0 Å². The number of hydrogen-bond acceptors (Lipinski definition) is 6. The molecule has 0 saturated heterocycles. The Kier molecular flexibility index (Phi) is 3.89. The summed E-state index contributed by atoms with van der Waals surface area (Å²) in [6, 6.07) is 9.05. The number of carbonyl (C=O) groups excluding carboxylic acids is 1. The average molecular weight is 336 g/mol. The number of aryl methyl sites for hydroxylation is 1. The molecule has 3 aromatic rings. The smallest absolute Gasteiger partial charge is 0.262 e. The lowest BCUT2D eigenvalue weighted by Gasteiger charge is -2.19. The van der Waals surface area contributed by atoms with Gasteiger partial charge in [-0.1, -0.05) is 17.3 Å². The number of amides is 1. The molecule has 0 fully saturated rings. The molecule has 7 heteroatoms. The molecule has 126 valence electrons. The van der Waals surface area contributed by atoms with Crippen LogP contribution in [-0.4, -0.2) is 27.6 Å². The van der Waals surface area contributed by atoms with E-state index in [4.69, 9.17) is 9.26 Å². The first-order chi connectivity index (χ1) is 12.2. The van der Waals surface area contributed by atoms with Crippen molar-refractivity contribution in [3.8, 4) is 5.75 Å². The normalized spacial score (nSPS) is 12.9. The van der Waals surface area contributed by atoms with Gasteiger partial charge in [0.25, 0.3) is 5.91 Å². The molecule has 1 aliphatic rings. The molecular weight excluding hydrogens is 320 g/mol. The van der Waals surface area contributed by atoms with Gasteiger partial charge in [-0.3, -0.25) is 9.78 Å². The Morgan fingerprint density at radius 1 is 1.32 bits per heavy atom. The van der Waals surface area contributed by atoms with Crippen LogP contribution in [0.2, 0.25) is 0 Å². The second-order valence-corrected chi connectivity index (χ2v) is 5.73. The predicted molar refractivity (Wildman–Crippen MR) is 89.4 cm³/mol. The van der Waals surface area contributed by atoms with Crippen molar-refractivity contribution in [1.29, 1.82) is 0 Å². The summed E-state index contributed by atoms with van der Waals surface area (Å²) in [7, 11) is 0. The number of anilines is 1. The Morgan fingerprint density at radius 3 is 3.04 bits per heavy atom. The molecule has 4 rings (SSSR count). The minimum atomic E-state index is -0.0927. The SMILES string of the molecule is Cc1nc(COc2ccccc2C(=O)N2CCc3cnccc32)no1. The summed E-state index contributed by atoms with van der Waals surface area (Å²) in [6.07, 6.45) is 4.31. The highest BCUT2D eigenvalue weighted by atomic mass is 16.5. The summed E-state index contributed by atoms with van der Waals surface area (Å²) in [5, 5.41) is 3.80. The van der Waals surface area contributed by atoms with Crippen molar-refractivity contribution in [2.45, 2.75) is 20.0 Å². The standard InChI is InChI=1S/C18H16N4O3/c1-12-20-17(21-25-12)11-24-16-5-3-2-4-14(16)18(23)22-9-7-13-10-19-8-6-15(13)22/h2-6,8,10H,7,9,11H2,1H3. The summed E-state index contributed by atoms with van der Waals surface area (Å²) in [6.45, 7) is 2.49. The first-order valence-electron chi connectivity index (χ1n) is 7.98. The van der Waals surface area contributed by atoms with Crippen LogP contribution in [0.15, 0.2) is 47.2 Å². The van der Waals surface area contributed by atoms with Crippen molar-refractivity contribution in [2.24, 2.45) is 0 Å². The lowest BCUT2D eigenvalue weighted by atomic mass is 10.1. The molecule has 25 heavy (non-hydrogen) atoms. The van der Waals surface area contributed by atoms with Gasteiger partial charge in [-0.15, -0.1) is 0 Å². The number of rotatable bonds is 4. The Hall–Kier alpha value is -3.22. The van der Waals surface area contributed by atoms with Crippen LogP contribution in [0.3, 0.4) is 0 Å². The number of pyridine rings is 1.